The van der Waals surface area contributed by atoms with Gasteiger partial charge in [-0.05, 0) is 36.6 Å². The van der Waals surface area contributed by atoms with Crippen LogP contribution in [0.3, 0.4) is 0 Å². The monoisotopic (exact) mass is 374 g/mol. The molecular formula is C19H19ClN2O4. The van der Waals surface area contributed by atoms with Crippen LogP contribution in [0.5, 0.6) is 11.5 Å². The normalized spacial score (nSPS) is 13.3. The first kappa shape index (κ1) is 18.1. The standard InChI is InChI=1S/C19H19ClN2O4/c1-25-16-10-15(17(26-2)9-13(16)20)22-19(24)12-6-7-14-11(8-12)4-3-5-18(23)21-14/h6-10H,3-5H2,1-2H3,(H,21,23)(H,22,24). The minimum Gasteiger partial charge on any atom is -0.495 e. The summed E-state index contributed by atoms with van der Waals surface area (Å²) in [5.41, 5.74) is 2.66. The molecule has 3 rings (SSSR count). The van der Waals surface area contributed by atoms with E-state index in [0.29, 0.717) is 34.2 Å². The van der Waals surface area contributed by atoms with E-state index in [4.69, 9.17) is 21.1 Å². The summed E-state index contributed by atoms with van der Waals surface area (Å²) < 4.78 is 10.5. The molecule has 0 aromatic heterocycles. The first-order chi connectivity index (χ1) is 12.5. The topological polar surface area (TPSA) is 76.7 Å². The Labute approximate surface area is 156 Å². The highest BCUT2D eigenvalue weighted by molar-refractivity contribution is 6.32. The van der Waals surface area contributed by atoms with E-state index < -0.39 is 0 Å². The number of halogens is 1. The van der Waals surface area contributed by atoms with Gasteiger partial charge in [-0.25, -0.2) is 0 Å². The van der Waals surface area contributed by atoms with Crippen LogP contribution in [0, 0.1) is 0 Å². The fourth-order valence-electron chi connectivity index (χ4n) is 2.87. The van der Waals surface area contributed by atoms with Gasteiger partial charge in [0.15, 0.2) is 0 Å². The molecule has 0 aliphatic carbocycles. The molecule has 0 spiro atoms. The van der Waals surface area contributed by atoms with Gasteiger partial charge < -0.3 is 20.1 Å². The SMILES string of the molecule is COc1cc(NC(=O)c2ccc3c(c2)CCCC(=O)N3)c(OC)cc1Cl. The van der Waals surface area contributed by atoms with Crippen molar-refractivity contribution in [3.8, 4) is 11.5 Å². The van der Waals surface area contributed by atoms with Crippen molar-refractivity contribution in [2.75, 3.05) is 24.9 Å². The van der Waals surface area contributed by atoms with Crippen LogP contribution in [0.15, 0.2) is 30.3 Å². The van der Waals surface area contributed by atoms with E-state index in [1.807, 2.05) is 0 Å². The molecule has 1 aliphatic rings. The average molecular weight is 375 g/mol. The number of benzene rings is 2. The molecule has 2 aromatic rings. The predicted molar refractivity (Wildman–Crippen MR) is 101 cm³/mol. The molecule has 0 saturated heterocycles. The van der Waals surface area contributed by atoms with Gasteiger partial charge in [-0.3, -0.25) is 9.59 Å². The zero-order chi connectivity index (χ0) is 18.7. The largest absolute Gasteiger partial charge is 0.495 e. The number of carbonyl (C=O) groups is 2. The van der Waals surface area contributed by atoms with Gasteiger partial charge in [0.25, 0.3) is 5.91 Å². The highest BCUT2D eigenvalue weighted by Gasteiger charge is 2.17. The molecule has 0 unspecified atom stereocenters. The number of methoxy groups -OCH3 is 2. The molecule has 0 radical (unpaired) electrons. The third kappa shape index (κ3) is 3.75. The number of ether oxygens (including phenoxy) is 2. The Balaban J connectivity index is 1.87. The number of carbonyl (C=O) groups excluding carboxylic acids is 2. The van der Waals surface area contributed by atoms with E-state index in [9.17, 15) is 9.59 Å². The lowest BCUT2D eigenvalue weighted by Gasteiger charge is -2.14. The second-order valence-corrected chi connectivity index (χ2v) is 6.32. The van der Waals surface area contributed by atoms with E-state index in [2.05, 4.69) is 10.6 Å². The molecule has 1 aliphatic heterocycles. The lowest BCUT2D eigenvalue weighted by molar-refractivity contribution is -0.116. The summed E-state index contributed by atoms with van der Waals surface area (Å²) in [6.07, 6.45) is 1.98. The minimum absolute atomic E-state index is 0.000975. The fourth-order valence-corrected chi connectivity index (χ4v) is 3.10. The van der Waals surface area contributed by atoms with E-state index in [-0.39, 0.29) is 11.8 Å². The first-order valence-electron chi connectivity index (χ1n) is 8.17. The molecule has 0 fully saturated rings. The Morgan fingerprint density at radius 2 is 1.88 bits per heavy atom. The second kappa shape index (κ2) is 7.66. The van der Waals surface area contributed by atoms with Crippen molar-refractivity contribution >= 4 is 34.8 Å². The Bertz CT molecular complexity index is 867. The van der Waals surface area contributed by atoms with Crippen LogP contribution in [0.1, 0.15) is 28.8 Å². The third-order valence-electron chi connectivity index (χ3n) is 4.21. The molecule has 2 amide bonds. The summed E-state index contributed by atoms with van der Waals surface area (Å²) in [6, 6.07) is 8.44. The van der Waals surface area contributed by atoms with Crippen molar-refractivity contribution < 1.29 is 19.1 Å². The van der Waals surface area contributed by atoms with E-state index >= 15 is 0 Å². The molecule has 7 heteroatoms. The van der Waals surface area contributed by atoms with Crippen molar-refractivity contribution in [1.29, 1.82) is 0 Å². The number of nitrogens with one attached hydrogen (secondary N) is 2. The molecule has 0 bridgehead atoms. The van der Waals surface area contributed by atoms with E-state index in [1.165, 1.54) is 14.2 Å². The van der Waals surface area contributed by atoms with Gasteiger partial charge in [0.2, 0.25) is 5.91 Å². The Hall–Kier alpha value is -2.73. The van der Waals surface area contributed by atoms with Crippen LogP contribution >= 0.6 is 11.6 Å². The van der Waals surface area contributed by atoms with Crippen molar-refractivity contribution in [1.82, 2.24) is 0 Å². The van der Waals surface area contributed by atoms with E-state index in [0.717, 1.165) is 24.1 Å². The molecular weight excluding hydrogens is 356 g/mol. The first-order valence-corrected chi connectivity index (χ1v) is 8.55. The number of aryl methyl sites for hydroxylation is 1. The molecule has 6 nitrogen and oxygen atoms in total. The van der Waals surface area contributed by atoms with Crippen molar-refractivity contribution in [3.63, 3.8) is 0 Å². The van der Waals surface area contributed by atoms with Crippen molar-refractivity contribution in [2.24, 2.45) is 0 Å². The Morgan fingerprint density at radius 3 is 2.62 bits per heavy atom. The summed E-state index contributed by atoms with van der Waals surface area (Å²) in [6.45, 7) is 0. The molecule has 2 N–H and O–H groups in total. The second-order valence-electron chi connectivity index (χ2n) is 5.91. The Kier molecular flexibility index (Phi) is 5.32. The lowest BCUT2D eigenvalue weighted by atomic mass is 10.0. The zero-order valence-corrected chi connectivity index (χ0v) is 15.3. The van der Waals surface area contributed by atoms with Crippen LogP contribution in [-0.2, 0) is 11.2 Å². The molecule has 136 valence electrons. The maximum Gasteiger partial charge on any atom is 0.255 e. The summed E-state index contributed by atoms with van der Waals surface area (Å²) in [4.78, 5) is 24.3. The van der Waals surface area contributed by atoms with Gasteiger partial charge in [0, 0.05) is 29.8 Å². The third-order valence-corrected chi connectivity index (χ3v) is 4.51. The molecule has 0 atom stereocenters. The van der Waals surface area contributed by atoms with Gasteiger partial charge in [-0.2, -0.15) is 0 Å². The number of amides is 2. The highest BCUT2D eigenvalue weighted by atomic mass is 35.5. The van der Waals surface area contributed by atoms with Gasteiger partial charge in [0.1, 0.15) is 11.5 Å². The van der Waals surface area contributed by atoms with E-state index in [1.54, 1.807) is 30.3 Å². The van der Waals surface area contributed by atoms with Gasteiger partial charge in [-0.1, -0.05) is 11.6 Å². The minimum atomic E-state index is -0.286. The molecule has 2 aromatic carbocycles. The maximum atomic E-state index is 12.7. The maximum absolute atomic E-state index is 12.7. The van der Waals surface area contributed by atoms with Crippen molar-refractivity contribution in [2.45, 2.75) is 19.3 Å². The van der Waals surface area contributed by atoms with Crippen LogP contribution in [0.4, 0.5) is 11.4 Å². The van der Waals surface area contributed by atoms with Crippen molar-refractivity contribution in [3.05, 3.63) is 46.5 Å². The van der Waals surface area contributed by atoms with Crippen LogP contribution < -0.4 is 20.1 Å². The number of fused-ring (bicyclic) bond motifs is 1. The number of rotatable bonds is 4. The number of hydrogen-bond donors (Lipinski definition) is 2. The fraction of sp³-hybridized carbons (Fsp3) is 0.263. The lowest BCUT2D eigenvalue weighted by Crippen LogP contribution is -2.14. The zero-order valence-electron chi connectivity index (χ0n) is 14.5. The summed E-state index contributed by atoms with van der Waals surface area (Å²) in [7, 11) is 3.00. The molecule has 0 saturated carbocycles. The number of hydrogen-bond acceptors (Lipinski definition) is 4. The van der Waals surface area contributed by atoms with Crippen LogP contribution in [0.2, 0.25) is 5.02 Å². The smallest absolute Gasteiger partial charge is 0.255 e. The summed E-state index contributed by atoms with van der Waals surface area (Å²) in [5.74, 6) is 0.587. The van der Waals surface area contributed by atoms with Crippen LogP contribution in [0.25, 0.3) is 0 Å². The molecule has 26 heavy (non-hydrogen) atoms. The number of anilines is 2. The Morgan fingerprint density at radius 1 is 1.12 bits per heavy atom. The average Bonchev–Trinajstić information content (AvgIpc) is 2.82. The quantitative estimate of drug-likeness (QED) is 0.851. The van der Waals surface area contributed by atoms with Gasteiger partial charge in [-0.15, -0.1) is 0 Å². The summed E-state index contributed by atoms with van der Waals surface area (Å²) in [5, 5.41) is 6.07. The summed E-state index contributed by atoms with van der Waals surface area (Å²) >= 11 is 6.09. The van der Waals surface area contributed by atoms with Gasteiger partial charge in [0.05, 0.1) is 24.9 Å². The van der Waals surface area contributed by atoms with Gasteiger partial charge >= 0.3 is 0 Å². The molecule has 1 heterocycles. The highest BCUT2D eigenvalue weighted by Crippen LogP contribution is 2.36. The van der Waals surface area contributed by atoms with Crippen LogP contribution in [-0.4, -0.2) is 26.0 Å². The predicted octanol–water partition coefficient (Wildman–Crippen LogP) is 3.88.